The first kappa shape index (κ1) is 17.6. The standard InChI is InChI=1S/C14H20BrNO5/c1-18-8-10(7-15)16-14(17)9-5-11(19-2)13(21-4)12(6-9)20-3/h5-6,10H,7-8H2,1-4H3,(H,16,17). The van der Waals surface area contributed by atoms with Crippen LogP contribution in [-0.4, -0.2) is 52.3 Å². The van der Waals surface area contributed by atoms with Crippen molar-refractivity contribution >= 4 is 21.8 Å². The lowest BCUT2D eigenvalue weighted by molar-refractivity contribution is 0.0907. The molecule has 7 heteroatoms. The van der Waals surface area contributed by atoms with Gasteiger partial charge in [-0.05, 0) is 12.1 Å². The molecule has 0 saturated carbocycles. The number of hydrogen-bond acceptors (Lipinski definition) is 5. The second-order valence-electron chi connectivity index (χ2n) is 4.19. The fourth-order valence-electron chi connectivity index (χ4n) is 1.81. The molecule has 1 unspecified atom stereocenters. The summed E-state index contributed by atoms with van der Waals surface area (Å²) in [6.07, 6.45) is 0. The SMILES string of the molecule is COCC(CBr)NC(=O)c1cc(OC)c(OC)c(OC)c1. The molecule has 0 bridgehead atoms. The predicted molar refractivity (Wildman–Crippen MR) is 83.0 cm³/mol. The van der Waals surface area contributed by atoms with Gasteiger partial charge in [-0.3, -0.25) is 4.79 Å². The molecule has 1 rings (SSSR count). The molecule has 6 nitrogen and oxygen atoms in total. The molecule has 1 aromatic rings. The Morgan fingerprint density at radius 2 is 1.71 bits per heavy atom. The molecule has 0 saturated heterocycles. The van der Waals surface area contributed by atoms with E-state index in [0.29, 0.717) is 34.7 Å². The zero-order valence-electron chi connectivity index (χ0n) is 12.6. The number of methoxy groups -OCH3 is 4. The summed E-state index contributed by atoms with van der Waals surface area (Å²) < 4.78 is 20.7. The minimum atomic E-state index is -0.240. The molecule has 1 N–H and O–H groups in total. The third-order valence-electron chi connectivity index (χ3n) is 2.82. The second-order valence-corrected chi connectivity index (χ2v) is 4.84. The summed E-state index contributed by atoms with van der Waals surface area (Å²) in [6, 6.07) is 3.09. The smallest absolute Gasteiger partial charge is 0.251 e. The third-order valence-corrected chi connectivity index (χ3v) is 3.60. The number of nitrogens with one attached hydrogen (secondary N) is 1. The summed E-state index contributed by atoms with van der Waals surface area (Å²) in [4.78, 5) is 12.3. The van der Waals surface area contributed by atoms with Gasteiger partial charge in [0, 0.05) is 18.0 Å². The molecule has 0 aliphatic heterocycles. The maximum absolute atomic E-state index is 12.3. The van der Waals surface area contributed by atoms with Crippen LogP contribution in [0.5, 0.6) is 17.2 Å². The molecule has 0 spiro atoms. The Hall–Kier alpha value is -1.47. The van der Waals surface area contributed by atoms with Crippen LogP contribution in [0, 0.1) is 0 Å². The first-order valence-corrected chi connectivity index (χ1v) is 7.39. The molecule has 0 fully saturated rings. The average Bonchev–Trinajstić information content (AvgIpc) is 2.52. The van der Waals surface area contributed by atoms with Gasteiger partial charge in [0.25, 0.3) is 5.91 Å². The lowest BCUT2D eigenvalue weighted by Crippen LogP contribution is -2.39. The molecule has 0 heterocycles. The zero-order valence-corrected chi connectivity index (χ0v) is 14.2. The Morgan fingerprint density at radius 3 is 2.10 bits per heavy atom. The quantitative estimate of drug-likeness (QED) is 0.715. The largest absolute Gasteiger partial charge is 0.493 e. The van der Waals surface area contributed by atoms with Crippen molar-refractivity contribution in [3.05, 3.63) is 17.7 Å². The van der Waals surface area contributed by atoms with Crippen molar-refractivity contribution in [3.63, 3.8) is 0 Å². The van der Waals surface area contributed by atoms with Gasteiger partial charge in [0.15, 0.2) is 11.5 Å². The molecule has 0 radical (unpaired) electrons. The topological polar surface area (TPSA) is 66.0 Å². The van der Waals surface area contributed by atoms with Gasteiger partial charge >= 0.3 is 0 Å². The van der Waals surface area contributed by atoms with Gasteiger partial charge in [0.05, 0.1) is 34.0 Å². The molecule has 0 aromatic heterocycles. The van der Waals surface area contributed by atoms with Crippen molar-refractivity contribution in [1.82, 2.24) is 5.32 Å². The van der Waals surface area contributed by atoms with Crippen LogP contribution < -0.4 is 19.5 Å². The van der Waals surface area contributed by atoms with Crippen LogP contribution in [0.2, 0.25) is 0 Å². The zero-order chi connectivity index (χ0) is 15.8. The number of rotatable bonds is 8. The van der Waals surface area contributed by atoms with Crippen LogP contribution in [0.1, 0.15) is 10.4 Å². The Morgan fingerprint density at radius 1 is 1.14 bits per heavy atom. The average molecular weight is 362 g/mol. The summed E-state index contributed by atoms with van der Waals surface area (Å²) in [6.45, 7) is 0.418. The molecule has 1 amide bonds. The van der Waals surface area contributed by atoms with Crippen LogP contribution in [0.3, 0.4) is 0 Å². The number of ether oxygens (including phenoxy) is 4. The number of benzene rings is 1. The van der Waals surface area contributed by atoms with Crippen molar-refractivity contribution in [1.29, 1.82) is 0 Å². The van der Waals surface area contributed by atoms with E-state index in [1.807, 2.05) is 0 Å². The van der Waals surface area contributed by atoms with E-state index >= 15 is 0 Å². The maximum atomic E-state index is 12.3. The van der Waals surface area contributed by atoms with Crippen LogP contribution in [0.25, 0.3) is 0 Å². The van der Waals surface area contributed by atoms with Crippen LogP contribution >= 0.6 is 15.9 Å². The number of carbonyl (C=O) groups is 1. The Labute approximate surface area is 132 Å². The van der Waals surface area contributed by atoms with E-state index in [9.17, 15) is 4.79 Å². The van der Waals surface area contributed by atoms with Gasteiger partial charge in [0.2, 0.25) is 5.75 Å². The highest BCUT2D eigenvalue weighted by molar-refractivity contribution is 9.09. The summed E-state index contributed by atoms with van der Waals surface area (Å²) in [7, 11) is 6.11. The molecule has 0 aliphatic rings. The van der Waals surface area contributed by atoms with E-state index in [1.165, 1.54) is 21.3 Å². The van der Waals surface area contributed by atoms with Crippen molar-refractivity contribution in [3.8, 4) is 17.2 Å². The van der Waals surface area contributed by atoms with E-state index in [-0.39, 0.29) is 11.9 Å². The Balaban J connectivity index is 3.04. The second kappa shape index (κ2) is 8.74. The highest BCUT2D eigenvalue weighted by atomic mass is 79.9. The number of carbonyl (C=O) groups excluding carboxylic acids is 1. The fourth-order valence-corrected chi connectivity index (χ4v) is 2.16. The van der Waals surface area contributed by atoms with E-state index in [2.05, 4.69) is 21.2 Å². The van der Waals surface area contributed by atoms with Crippen LogP contribution in [0.15, 0.2) is 12.1 Å². The van der Waals surface area contributed by atoms with E-state index in [4.69, 9.17) is 18.9 Å². The summed E-state index contributed by atoms with van der Waals surface area (Å²) >= 11 is 3.33. The van der Waals surface area contributed by atoms with Gasteiger partial charge in [0.1, 0.15) is 0 Å². The molecular formula is C14H20BrNO5. The minimum Gasteiger partial charge on any atom is -0.493 e. The third kappa shape index (κ3) is 4.50. The highest BCUT2D eigenvalue weighted by Gasteiger charge is 2.18. The number of amides is 1. The van der Waals surface area contributed by atoms with Crippen molar-refractivity contribution in [2.45, 2.75) is 6.04 Å². The van der Waals surface area contributed by atoms with Crippen molar-refractivity contribution < 1.29 is 23.7 Å². The van der Waals surface area contributed by atoms with E-state index in [0.717, 1.165) is 0 Å². The molecule has 21 heavy (non-hydrogen) atoms. The highest BCUT2D eigenvalue weighted by Crippen LogP contribution is 2.38. The number of hydrogen-bond donors (Lipinski definition) is 1. The Bertz CT molecular complexity index is 455. The predicted octanol–water partition coefficient (Wildman–Crippen LogP) is 1.85. The minimum absolute atomic E-state index is 0.124. The van der Waals surface area contributed by atoms with Crippen molar-refractivity contribution in [2.24, 2.45) is 0 Å². The van der Waals surface area contributed by atoms with Crippen LogP contribution in [-0.2, 0) is 4.74 Å². The van der Waals surface area contributed by atoms with Gasteiger partial charge < -0.3 is 24.3 Å². The fraction of sp³-hybridized carbons (Fsp3) is 0.500. The molecule has 1 atom stereocenters. The lowest BCUT2D eigenvalue weighted by atomic mass is 10.1. The van der Waals surface area contributed by atoms with Gasteiger partial charge in [-0.1, -0.05) is 15.9 Å². The molecule has 118 valence electrons. The summed E-state index contributed by atoms with van der Waals surface area (Å²) in [5.74, 6) is 1.08. The normalized spacial score (nSPS) is 11.7. The van der Waals surface area contributed by atoms with Crippen molar-refractivity contribution in [2.75, 3.05) is 40.4 Å². The van der Waals surface area contributed by atoms with E-state index in [1.54, 1.807) is 19.2 Å². The molecule has 0 aliphatic carbocycles. The first-order valence-electron chi connectivity index (χ1n) is 6.27. The molecule has 1 aromatic carbocycles. The number of halogens is 1. The van der Waals surface area contributed by atoms with Crippen LogP contribution in [0.4, 0.5) is 0 Å². The van der Waals surface area contributed by atoms with Gasteiger partial charge in [-0.25, -0.2) is 0 Å². The first-order chi connectivity index (χ1) is 10.1. The summed E-state index contributed by atoms with van der Waals surface area (Å²) in [5.41, 5.74) is 0.423. The van der Waals surface area contributed by atoms with Gasteiger partial charge in [-0.2, -0.15) is 0 Å². The Kier molecular flexibility index (Phi) is 7.31. The van der Waals surface area contributed by atoms with Gasteiger partial charge in [-0.15, -0.1) is 0 Å². The summed E-state index contributed by atoms with van der Waals surface area (Å²) in [5, 5.41) is 3.46. The molecular weight excluding hydrogens is 342 g/mol. The monoisotopic (exact) mass is 361 g/mol. The maximum Gasteiger partial charge on any atom is 0.251 e. The lowest BCUT2D eigenvalue weighted by Gasteiger charge is -2.17. The number of alkyl halides is 1. The van der Waals surface area contributed by atoms with E-state index < -0.39 is 0 Å².